The molecule has 3 aliphatic rings. The van der Waals surface area contributed by atoms with Crippen LogP contribution in [0.3, 0.4) is 0 Å². The molecule has 0 aliphatic carbocycles. The average Bonchev–Trinajstić information content (AvgIpc) is 4.18. The quantitative estimate of drug-likeness (QED) is 0.0766. The van der Waals surface area contributed by atoms with Crippen LogP contribution in [-0.4, -0.2) is 91.1 Å². The molecule has 3 aliphatic heterocycles. The zero-order valence-corrected chi connectivity index (χ0v) is 40.6. The second-order valence-corrected chi connectivity index (χ2v) is 20.3. The summed E-state index contributed by atoms with van der Waals surface area (Å²) in [6.07, 6.45) is 6.99. The fraction of sp³-hybridized carbons (Fsp3) is 0.472. The molecule has 5 aromatic rings. The molecule has 15 heteroatoms. The summed E-state index contributed by atoms with van der Waals surface area (Å²) in [5.74, 6) is 0.827. The van der Waals surface area contributed by atoms with E-state index in [4.69, 9.17) is 14.7 Å². The number of methoxy groups -OCH3 is 1. The maximum atomic E-state index is 13.7. The van der Waals surface area contributed by atoms with Crippen molar-refractivity contribution in [3.63, 3.8) is 0 Å². The molecular weight excluding hydrogens is 859 g/mol. The van der Waals surface area contributed by atoms with Crippen molar-refractivity contribution >= 4 is 29.7 Å². The molecule has 3 saturated heterocycles. The van der Waals surface area contributed by atoms with Crippen molar-refractivity contribution in [1.29, 1.82) is 0 Å². The molecular formula is C53H67N9O6. The number of aromatic nitrogens is 4. The first-order valence-corrected chi connectivity index (χ1v) is 24.2. The van der Waals surface area contributed by atoms with Crippen molar-refractivity contribution in [2.75, 3.05) is 25.1 Å². The lowest BCUT2D eigenvalue weighted by molar-refractivity contribution is -0.136. The van der Waals surface area contributed by atoms with E-state index in [-0.39, 0.29) is 53.2 Å². The smallest absolute Gasteiger partial charge is 0.407 e. The zero-order chi connectivity index (χ0) is 48.4. The molecule has 15 nitrogen and oxygen atoms in total. The molecule has 360 valence electrons. The second kappa shape index (κ2) is 19.9. The van der Waals surface area contributed by atoms with Crippen molar-refractivity contribution in [3.8, 4) is 22.8 Å². The van der Waals surface area contributed by atoms with Gasteiger partial charge in [0.25, 0.3) is 0 Å². The predicted molar refractivity (Wildman–Crippen MR) is 262 cm³/mol. The lowest BCUT2D eigenvalue weighted by Crippen LogP contribution is -2.51. The highest BCUT2D eigenvalue weighted by atomic mass is 16.5. The Morgan fingerprint density at radius 3 is 1.49 bits per heavy atom. The van der Waals surface area contributed by atoms with E-state index in [1.54, 1.807) is 11.1 Å². The van der Waals surface area contributed by atoms with Gasteiger partial charge in [0.1, 0.15) is 23.7 Å². The molecule has 0 bridgehead atoms. The standard InChI is InChI=1S/C53H67N9O6/c1-31(2)45(58-51(65)66)49(63)60-27-9-11-43(60)39-29-54-47(56-39)35-17-13-33(14-18-35)41-25-26-42(62(41)38-23-21-37(22-24-38)53(5,6)7)34-15-19-36(20-16-34)48-55-30-40(57-48)44-12-10-28-61(44)50(64)46(32(3)4)59-52(67)68-8/h13-24,29-32,41-46,58H,9-12,25-28H2,1-8H3,(H,54,56)(H,55,57)(H,59,67)(H,65,66)/t41-,42-,43-,44-,45-,46-/m0/s1. The van der Waals surface area contributed by atoms with Gasteiger partial charge in [-0.2, -0.15) is 0 Å². The van der Waals surface area contributed by atoms with E-state index < -0.39 is 24.3 Å². The molecule has 5 N–H and O–H groups in total. The minimum atomic E-state index is -1.21. The van der Waals surface area contributed by atoms with Gasteiger partial charge in [0, 0.05) is 29.9 Å². The maximum absolute atomic E-state index is 13.7. The van der Waals surface area contributed by atoms with Crippen molar-refractivity contribution in [2.45, 2.75) is 129 Å². The summed E-state index contributed by atoms with van der Waals surface area (Å²) in [5, 5.41) is 14.6. The van der Waals surface area contributed by atoms with E-state index in [1.165, 1.54) is 23.8 Å². The molecule has 5 heterocycles. The number of rotatable bonds is 13. The van der Waals surface area contributed by atoms with Gasteiger partial charge in [-0.1, -0.05) is 109 Å². The largest absolute Gasteiger partial charge is 0.465 e. The van der Waals surface area contributed by atoms with Gasteiger partial charge in [-0.15, -0.1) is 0 Å². The minimum Gasteiger partial charge on any atom is -0.465 e. The van der Waals surface area contributed by atoms with Gasteiger partial charge >= 0.3 is 12.2 Å². The average molecular weight is 926 g/mol. The van der Waals surface area contributed by atoms with Crippen LogP contribution in [0.15, 0.2) is 85.2 Å². The fourth-order valence-electron chi connectivity index (χ4n) is 10.4. The molecule has 3 fully saturated rings. The van der Waals surface area contributed by atoms with Crippen LogP contribution < -0.4 is 15.5 Å². The van der Waals surface area contributed by atoms with Crippen LogP contribution in [0.1, 0.15) is 139 Å². The van der Waals surface area contributed by atoms with Crippen LogP contribution in [0.2, 0.25) is 0 Å². The molecule has 4 amide bonds. The molecule has 0 unspecified atom stereocenters. The van der Waals surface area contributed by atoms with E-state index in [0.29, 0.717) is 13.1 Å². The van der Waals surface area contributed by atoms with Crippen LogP contribution in [0, 0.1) is 11.8 Å². The summed E-state index contributed by atoms with van der Waals surface area (Å²) in [5.41, 5.74) is 8.50. The molecule has 0 saturated carbocycles. The van der Waals surface area contributed by atoms with Gasteiger partial charge in [0.05, 0.1) is 55.1 Å². The van der Waals surface area contributed by atoms with Crippen LogP contribution >= 0.6 is 0 Å². The second-order valence-electron chi connectivity index (χ2n) is 20.3. The lowest BCUT2D eigenvalue weighted by Gasteiger charge is -2.34. The van der Waals surface area contributed by atoms with Crippen molar-refractivity contribution < 1.29 is 29.0 Å². The van der Waals surface area contributed by atoms with Gasteiger partial charge in [0.15, 0.2) is 0 Å². The van der Waals surface area contributed by atoms with Crippen molar-refractivity contribution in [3.05, 3.63) is 113 Å². The number of benzene rings is 3. The van der Waals surface area contributed by atoms with Crippen LogP contribution in [0.25, 0.3) is 22.8 Å². The highest BCUT2D eigenvalue weighted by Crippen LogP contribution is 2.48. The number of alkyl carbamates (subject to hydrolysis) is 1. The number of ether oxygens (including phenoxy) is 1. The summed E-state index contributed by atoms with van der Waals surface area (Å²) in [6.45, 7) is 15.4. The molecule has 6 atom stereocenters. The number of nitrogens with one attached hydrogen (secondary N) is 4. The first-order chi connectivity index (χ1) is 32.5. The van der Waals surface area contributed by atoms with Gasteiger partial charge in [-0.3, -0.25) is 9.59 Å². The number of carboxylic acid groups (broad SMARTS) is 1. The third-order valence-electron chi connectivity index (χ3n) is 14.1. The summed E-state index contributed by atoms with van der Waals surface area (Å²) >= 11 is 0. The first kappa shape index (κ1) is 47.8. The molecule has 2 aromatic heterocycles. The van der Waals surface area contributed by atoms with E-state index in [1.807, 2.05) is 38.8 Å². The van der Waals surface area contributed by atoms with E-state index in [2.05, 4.69) is 119 Å². The first-order valence-electron chi connectivity index (χ1n) is 24.2. The Balaban J connectivity index is 1.00. The predicted octanol–water partition coefficient (Wildman–Crippen LogP) is 9.85. The third-order valence-corrected chi connectivity index (χ3v) is 14.1. The monoisotopic (exact) mass is 926 g/mol. The molecule has 3 aromatic carbocycles. The number of likely N-dealkylation sites (tertiary alicyclic amines) is 2. The molecule has 0 spiro atoms. The Labute approximate surface area is 399 Å². The highest BCUT2D eigenvalue weighted by Gasteiger charge is 2.40. The summed E-state index contributed by atoms with van der Waals surface area (Å²) < 4.78 is 4.81. The Bertz CT molecular complexity index is 2560. The fourth-order valence-corrected chi connectivity index (χ4v) is 10.4. The summed E-state index contributed by atoms with van der Waals surface area (Å²) in [6, 6.07) is 24.7. The Morgan fingerprint density at radius 1 is 0.647 bits per heavy atom. The van der Waals surface area contributed by atoms with Crippen molar-refractivity contribution in [1.82, 2.24) is 40.4 Å². The van der Waals surface area contributed by atoms with E-state index in [9.17, 15) is 24.3 Å². The normalized spacial score (nSPS) is 20.5. The Kier molecular flexibility index (Phi) is 14.0. The van der Waals surface area contributed by atoms with Crippen LogP contribution in [0.4, 0.5) is 15.3 Å². The third kappa shape index (κ3) is 9.98. The van der Waals surface area contributed by atoms with Gasteiger partial charge < -0.3 is 45.1 Å². The zero-order valence-electron chi connectivity index (χ0n) is 40.6. The number of hydrogen-bond acceptors (Lipinski definition) is 8. The summed E-state index contributed by atoms with van der Waals surface area (Å²) in [7, 11) is 1.30. The minimum absolute atomic E-state index is 0.0227. The Hall–Kier alpha value is -6.64. The topological polar surface area (TPSA) is 189 Å². The van der Waals surface area contributed by atoms with E-state index in [0.717, 1.165) is 78.4 Å². The molecule has 0 radical (unpaired) electrons. The number of imidazole rings is 2. The SMILES string of the molecule is COC(=O)N[C@H](C(=O)N1CCC[C@H]1c1cnc(-c2ccc([C@@H]3CC[C@@H](c4ccc(-c5ncc([C@@H]6CCCN6C(=O)[C@@H](NC(=O)O)C(C)C)[nH]5)cc4)N3c3ccc(C(C)(C)C)cc3)cc2)[nH]1)C(C)C. The Morgan fingerprint density at radius 2 is 1.09 bits per heavy atom. The number of hydrogen-bond donors (Lipinski definition) is 5. The maximum Gasteiger partial charge on any atom is 0.407 e. The number of anilines is 1. The number of carbonyl (C=O) groups is 4. The summed E-state index contributed by atoms with van der Waals surface area (Å²) in [4.78, 5) is 73.7. The van der Waals surface area contributed by atoms with Gasteiger partial charge in [-0.05, 0) is 84.6 Å². The molecule has 68 heavy (non-hydrogen) atoms. The van der Waals surface area contributed by atoms with Gasteiger partial charge in [0.2, 0.25) is 11.8 Å². The van der Waals surface area contributed by atoms with Gasteiger partial charge in [-0.25, -0.2) is 19.6 Å². The molecule has 8 rings (SSSR count). The number of H-pyrrole nitrogens is 2. The number of nitrogens with zero attached hydrogens (tertiary/aromatic N) is 5. The number of aromatic amines is 2. The van der Waals surface area contributed by atoms with Crippen LogP contribution in [-0.2, 0) is 19.7 Å². The number of amides is 4. The van der Waals surface area contributed by atoms with Crippen molar-refractivity contribution in [2.24, 2.45) is 11.8 Å². The van der Waals surface area contributed by atoms with E-state index >= 15 is 0 Å². The lowest BCUT2D eigenvalue weighted by atomic mass is 9.87. The van der Waals surface area contributed by atoms with Crippen LogP contribution in [0.5, 0.6) is 0 Å². The highest BCUT2D eigenvalue weighted by molar-refractivity contribution is 5.87. The number of carbonyl (C=O) groups excluding carboxylic acids is 3.